The van der Waals surface area contributed by atoms with Crippen LogP contribution in [-0.4, -0.2) is 40.0 Å². The first-order valence-corrected chi connectivity index (χ1v) is 7.63. The molecule has 1 aromatic carbocycles. The second kappa shape index (κ2) is 5.70. The first kappa shape index (κ1) is 13.8. The highest BCUT2D eigenvalue weighted by atomic mass is 35.5. The Morgan fingerprint density at radius 2 is 2.30 bits per heavy atom. The zero-order valence-corrected chi connectivity index (χ0v) is 12.4. The van der Waals surface area contributed by atoms with Crippen LogP contribution in [0.1, 0.15) is 18.7 Å². The van der Waals surface area contributed by atoms with Crippen LogP contribution < -0.4 is 0 Å². The molecular formula is C15H19ClFN3. The van der Waals surface area contributed by atoms with Gasteiger partial charge in [0, 0.05) is 31.0 Å². The highest BCUT2D eigenvalue weighted by Gasteiger charge is 2.23. The topological polar surface area (TPSA) is 21.1 Å². The van der Waals surface area contributed by atoms with Gasteiger partial charge in [0.25, 0.3) is 0 Å². The summed E-state index contributed by atoms with van der Waals surface area (Å²) in [5.74, 6) is 1.25. The second-order valence-electron chi connectivity index (χ2n) is 5.49. The minimum atomic E-state index is -0.238. The minimum Gasteiger partial charge on any atom is -0.326 e. The summed E-state index contributed by atoms with van der Waals surface area (Å²) in [5, 5.41) is 0. The lowest BCUT2D eigenvalue weighted by molar-refractivity contribution is 0.282. The van der Waals surface area contributed by atoms with Gasteiger partial charge in [0.1, 0.15) is 11.6 Å². The number of halogens is 2. The van der Waals surface area contributed by atoms with Crippen LogP contribution in [0.5, 0.6) is 0 Å². The van der Waals surface area contributed by atoms with E-state index in [0.717, 1.165) is 29.9 Å². The van der Waals surface area contributed by atoms with Crippen LogP contribution in [0.4, 0.5) is 4.39 Å². The molecule has 5 heteroatoms. The van der Waals surface area contributed by atoms with Crippen molar-refractivity contribution >= 4 is 22.6 Å². The van der Waals surface area contributed by atoms with E-state index in [9.17, 15) is 4.39 Å². The molecule has 2 aromatic rings. The average molecular weight is 296 g/mol. The lowest BCUT2D eigenvalue weighted by atomic mass is 10.2. The highest BCUT2D eigenvalue weighted by Crippen LogP contribution is 2.23. The van der Waals surface area contributed by atoms with Crippen molar-refractivity contribution in [1.29, 1.82) is 0 Å². The molecular weight excluding hydrogens is 277 g/mol. The SMILES string of the molecule is CN1CCCC1Cn1c(CCCl)nc2cc(F)ccc21. The van der Waals surface area contributed by atoms with Gasteiger partial charge in [0.05, 0.1) is 11.0 Å². The van der Waals surface area contributed by atoms with Crippen LogP contribution in [0, 0.1) is 5.82 Å². The van der Waals surface area contributed by atoms with Crippen LogP contribution in [0.15, 0.2) is 18.2 Å². The number of nitrogens with zero attached hydrogens (tertiary/aromatic N) is 3. The number of fused-ring (bicyclic) bond motifs is 1. The fraction of sp³-hybridized carbons (Fsp3) is 0.533. The largest absolute Gasteiger partial charge is 0.326 e. The Labute approximate surface area is 123 Å². The summed E-state index contributed by atoms with van der Waals surface area (Å²) >= 11 is 5.87. The van der Waals surface area contributed by atoms with Crippen molar-refractivity contribution in [3.05, 3.63) is 29.8 Å². The molecule has 0 saturated carbocycles. The zero-order valence-electron chi connectivity index (χ0n) is 11.6. The van der Waals surface area contributed by atoms with Crippen molar-refractivity contribution in [1.82, 2.24) is 14.5 Å². The highest BCUT2D eigenvalue weighted by molar-refractivity contribution is 6.17. The summed E-state index contributed by atoms with van der Waals surface area (Å²) < 4.78 is 15.6. The third kappa shape index (κ3) is 2.54. The van der Waals surface area contributed by atoms with Gasteiger partial charge in [-0.1, -0.05) is 0 Å². The molecule has 1 unspecified atom stereocenters. The molecule has 0 N–H and O–H groups in total. The molecule has 1 aliphatic heterocycles. The van der Waals surface area contributed by atoms with E-state index in [2.05, 4.69) is 21.5 Å². The molecule has 108 valence electrons. The van der Waals surface area contributed by atoms with Gasteiger partial charge in [0.2, 0.25) is 0 Å². The fourth-order valence-corrected chi connectivity index (χ4v) is 3.22. The van der Waals surface area contributed by atoms with Crippen LogP contribution in [0.2, 0.25) is 0 Å². The smallest absolute Gasteiger partial charge is 0.125 e. The summed E-state index contributed by atoms with van der Waals surface area (Å²) in [6, 6.07) is 5.36. The molecule has 20 heavy (non-hydrogen) atoms. The maximum absolute atomic E-state index is 13.3. The Bertz CT molecular complexity index is 610. The van der Waals surface area contributed by atoms with Gasteiger partial charge in [0.15, 0.2) is 0 Å². The van der Waals surface area contributed by atoms with Gasteiger partial charge in [-0.2, -0.15) is 0 Å². The van der Waals surface area contributed by atoms with E-state index < -0.39 is 0 Å². The Hall–Kier alpha value is -1.13. The average Bonchev–Trinajstić information content (AvgIpc) is 2.96. The van der Waals surface area contributed by atoms with Crippen molar-refractivity contribution in [2.75, 3.05) is 19.5 Å². The van der Waals surface area contributed by atoms with E-state index in [1.54, 1.807) is 0 Å². The van der Waals surface area contributed by atoms with Crippen molar-refractivity contribution < 1.29 is 4.39 Å². The number of likely N-dealkylation sites (N-methyl/N-ethyl adjacent to an activating group) is 1. The Balaban J connectivity index is 1.99. The standard InChI is InChI=1S/C15H19ClFN3/c1-19-8-2-3-12(19)10-20-14-5-4-11(17)9-13(14)18-15(20)6-7-16/h4-5,9,12H,2-3,6-8,10H2,1H3. The Kier molecular flexibility index (Phi) is 3.94. The van der Waals surface area contributed by atoms with Crippen molar-refractivity contribution in [2.45, 2.75) is 31.8 Å². The van der Waals surface area contributed by atoms with Gasteiger partial charge >= 0.3 is 0 Å². The molecule has 0 amide bonds. The first-order valence-electron chi connectivity index (χ1n) is 7.10. The maximum atomic E-state index is 13.3. The van der Waals surface area contributed by atoms with Crippen molar-refractivity contribution in [2.24, 2.45) is 0 Å². The summed E-state index contributed by atoms with van der Waals surface area (Å²) in [6.07, 6.45) is 3.17. The molecule has 0 radical (unpaired) electrons. The first-order chi connectivity index (χ1) is 9.69. The molecule has 1 saturated heterocycles. The molecule has 3 nitrogen and oxygen atoms in total. The van der Waals surface area contributed by atoms with Crippen molar-refractivity contribution in [3.8, 4) is 0 Å². The van der Waals surface area contributed by atoms with Gasteiger partial charge in [-0.15, -0.1) is 11.6 Å². The number of hydrogen-bond acceptors (Lipinski definition) is 2. The quantitative estimate of drug-likeness (QED) is 0.809. The summed E-state index contributed by atoms with van der Waals surface area (Å²) in [5.41, 5.74) is 1.73. The lowest BCUT2D eigenvalue weighted by Crippen LogP contribution is -2.29. The maximum Gasteiger partial charge on any atom is 0.125 e. The number of aromatic nitrogens is 2. The molecule has 1 aromatic heterocycles. The molecule has 1 fully saturated rings. The van der Waals surface area contributed by atoms with Crippen LogP contribution in [-0.2, 0) is 13.0 Å². The Morgan fingerprint density at radius 1 is 1.45 bits per heavy atom. The summed E-state index contributed by atoms with van der Waals surface area (Å²) in [4.78, 5) is 6.94. The molecule has 0 aliphatic carbocycles. The third-order valence-corrected chi connectivity index (χ3v) is 4.36. The number of alkyl halides is 1. The number of aryl methyl sites for hydroxylation is 1. The number of rotatable bonds is 4. The van der Waals surface area contributed by atoms with E-state index in [-0.39, 0.29) is 5.82 Å². The van der Waals surface area contributed by atoms with E-state index in [1.165, 1.54) is 25.0 Å². The van der Waals surface area contributed by atoms with Gasteiger partial charge in [-0.25, -0.2) is 9.37 Å². The Morgan fingerprint density at radius 3 is 3.00 bits per heavy atom. The molecule has 3 rings (SSSR count). The monoisotopic (exact) mass is 295 g/mol. The second-order valence-corrected chi connectivity index (χ2v) is 5.87. The number of benzene rings is 1. The van der Waals surface area contributed by atoms with E-state index in [1.807, 2.05) is 6.07 Å². The van der Waals surface area contributed by atoms with Crippen LogP contribution in [0.3, 0.4) is 0 Å². The van der Waals surface area contributed by atoms with E-state index in [0.29, 0.717) is 18.3 Å². The third-order valence-electron chi connectivity index (χ3n) is 4.17. The van der Waals surface area contributed by atoms with Gasteiger partial charge < -0.3 is 9.47 Å². The van der Waals surface area contributed by atoms with E-state index in [4.69, 9.17) is 11.6 Å². The minimum absolute atomic E-state index is 0.238. The predicted octanol–water partition coefficient (Wildman–Crippen LogP) is 3.05. The summed E-state index contributed by atoms with van der Waals surface area (Å²) in [6.45, 7) is 2.06. The normalized spacial score (nSPS) is 20.1. The van der Waals surface area contributed by atoms with Gasteiger partial charge in [-0.05, 0) is 38.6 Å². The molecule has 1 aliphatic rings. The summed E-state index contributed by atoms with van der Waals surface area (Å²) in [7, 11) is 2.16. The molecule has 1 atom stereocenters. The molecule has 0 spiro atoms. The number of likely N-dealkylation sites (tertiary alicyclic amines) is 1. The number of imidazole rings is 1. The zero-order chi connectivity index (χ0) is 14.1. The van der Waals surface area contributed by atoms with Crippen LogP contribution >= 0.6 is 11.6 Å². The van der Waals surface area contributed by atoms with E-state index >= 15 is 0 Å². The number of hydrogen-bond donors (Lipinski definition) is 0. The van der Waals surface area contributed by atoms with Gasteiger partial charge in [-0.3, -0.25) is 0 Å². The lowest BCUT2D eigenvalue weighted by Gasteiger charge is -2.21. The molecule has 0 bridgehead atoms. The molecule has 2 heterocycles. The fourth-order valence-electron chi connectivity index (χ4n) is 3.05. The van der Waals surface area contributed by atoms with Crippen LogP contribution in [0.25, 0.3) is 11.0 Å². The van der Waals surface area contributed by atoms with Crippen molar-refractivity contribution in [3.63, 3.8) is 0 Å². The predicted molar refractivity (Wildman–Crippen MR) is 79.8 cm³/mol.